The molecule has 8 heteroatoms. The SMILES string of the molecule is CCCC(C)/C(=C\C(C)CC=C(C)C)c1ccc(N(/C=C(/C)CC)c2cc(OC)c(C(=O)NCC(F)(F)F)c(OC)c2)c(C)c1. The van der Waals surface area contributed by atoms with Crippen LogP contribution in [0.15, 0.2) is 59.8 Å². The number of benzene rings is 2. The lowest BCUT2D eigenvalue weighted by atomic mass is 9.86. The Kier molecular flexibility index (Phi) is 14.3. The molecule has 0 saturated carbocycles. The van der Waals surface area contributed by atoms with Crippen molar-refractivity contribution in [2.45, 2.75) is 87.2 Å². The monoisotopic (exact) mass is 628 g/mol. The number of methoxy groups -OCH3 is 2. The van der Waals surface area contributed by atoms with Crippen molar-refractivity contribution in [2.75, 3.05) is 25.7 Å². The predicted molar refractivity (Wildman–Crippen MR) is 181 cm³/mol. The second-order valence-electron chi connectivity index (χ2n) is 12.0. The summed E-state index contributed by atoms with van der Waals surface area (Å²) in [6, 6.07) is 9.77. The van der Waals surface area contributed by atoms with Gasteiger partial charge >= 0.3 is 6.18 Å². The second kappa shape index (κ2) is 17.1. The van der Waals surface area contributed by atoms with E-state index >= 15 is 0 Å². The van der Waals surface area contributed by atoms with E-state index in [4.69, 9.17) is 9.47 Å². The van der Waals surface area contributed by atoms with Crippen LogP contribution >= 0.6 is 0 Å². The minimum atomic E-state index is -4.55. The van der Waals surface area contributed by atoms with Crippen LogP contribution in [0.5, 0.6) is 11.5 Å². The first kappa shape index (κ1) is 37.5. The van der Waals surface area contributed by atoms with E-state index in [-0.39, 0.29) is 17.1 Å². The first-order chi connectivity index (χ1) is 21.1. The number of alkyl halides is 3. The molecule has 1 N–H and O–H groups in total. The number of ether oxygens (including phenoxy) is 2. The minimum absolute atomic E-state index is 0.0989. The zero-order valence-electron chi connectivity index (χ0n) is 28.6. The van der Waals surface area contributed by atoms with Gasteiger partial charge in [-0.1, -0.05) is 63.5 Å². The van der Waals surface area contributed by atoms with E-state index in [2.05, 4.69) is 78.8 Å². The van der Waals surface area contributed by atoms with E-state index in [9.17, 15) is 18.0 Å². The van der Waals surface area contributed by atoms with Gasteiger partial charge in [0.15, 0.2) is 0 Å². The Morgan fingerprint density at radius 1 is 1.02 bits per heavy atom. The third-order valence-electron chi connectivity index (χ3n) is 7.76. The van der Waals surface area contributed by atoms with Crippen LogP contribution in [0.2, 0.25) is 0 Å². The summed E-state index contributed by atoms with van der Waals surface area (Å²) < 4.78 is 49.6. The van der Waals surface area contributed by atoms with Gasteiger partial charge in [-0.3, -0.25) is 4.79 Å². The summed E-state index contributed by atoms with van der Waals surface area (Å²) in [4.78, 5) is 14.8. The number of nitrogens with one attached hydrogen (secondary N) is 1. The van der Waals surface area contributed by atoms with Gasteiger partial charge in [0, 0.05) is 24.0 Å². The summed E-state index contributed by atoms with van der Waals surface area (Å²) in [6.07, 6.45) is 6.16. The third-order valence-corrected chi connectivity index (χ3v) is 7.76. The Bertz CT molecular complexity index is 1360. The fourth-order valence-electron chi connectivity index (χ4n) is 5.16. The lowest BCUT2D eigenvalue weighted by Crippen LogP contribution is -2.34. The highest BCUT2D eigenvalue weighted by Crippen LogP contribution is 2.40. The Hall–Kier alpha value is -3.68. The van der Waals surface area contributed by atoms with Crippen molar-refractivity contribution in [2.24, 2.45) is 11.8 Å². The number of nitrogens with zero attached hydrogens (tertiary/aromatic N) is 1. The highest BCUT2D eigenvalue weighted by Gasteiger charge is 2.30. The largest absolute Gasteiger partial charge is 0.496 e. The van der Waals surface area contributed by atoms with Crippen molar-refractivity contribution < 1.29 is 27.4 Å². The van der Waals surface area contributed by atoms with Crippen LogP contribution in [0.25, 0.3) is 5.57 Å². The lowest BCUT2D eigenvalue weighted by molar-refractivity contribution is -0.123. The van der Waals surface area contributed by atoms with Gasteiger partial charge in [0.25, 0.3) is 5.91 Å². The van der Waals surface area contributed by atoms with Crippen LogP contribution in [-0.2, 0) is 0 Å². The molecule has 2 aromatic carbocycles. The van der Waals surface area contributed by atoms with E-state index < -0.39 is 18.6 Å². The van der Waals surface area contributed by atoms with Gasteiger partial charge in [0.1, 0.15) is 23.6 Å². The maximum atomic E-state index is 12.8. The van der Waals surface area contributed by atoms with E-state index in [1.54, 1.807) is 12.1 Å². The molecule has 0 fully saturated rings. The fraction of sp³-hybridized carbons (Fsp3) is 0.486. The Morgan fingerprint density at radius 3 is 2.13 bits per heavy atom. The molecule has 1 amide bonds. The van der Waals surface area contributed by atoms with Crippen LogP contribution in [0.1, 0.15) is 95.6 Å². The fourth-order valence-corrected chi connectivity index (χ4v) is 5.16. The summed E-state index contributed by atoms with van der Waals surface area (Å²) >= 11 is 0. The van der Waals surface area contributed by atoms with Crippen molar-refractivity contribution in [1.29, 1.82) is 0 Å². The molecule has 248 valence electrons. The number of rotatable bonds is 15. The van der Waals surface area contributed by atoms with Crippen molar-refractivity contribution in [3.63, 3.8) is 0 Å². The van der Waals surface area contributed by atoms with E-state index in [0.717, 1.165) is 42.5 Å². The number of amides is 1. The number of allylic oxidation sites excluding steroid dienone is 5. The minimum Gasteiger partial charge on any atom is -0.496 e. The molecular weight excluding hydrogens is 577 g/mol. The normalized spacial score (nSPS) is 13.6. The number of hydrogen-bond acceptors (Lipinski definition) is 4. The van der Waals surface area contributed by atoms with Gasteiger partial charge in [-0.2, -0.15) is 13.2 Å². The summed E-state index contributed by atoms with van der Waals surface area (Å²) in [5.74, 6) is 0.0776. The summed E-state index contributed by atoms with van der Waals surface area (Å²) in [5.41, 5.74) is 7.46. The number of carbonyl (C=O) groups is 1. The van der Waals surface area contributed by atoms with E-state index in [0.29, 0.717) is 17.5 Å². The average Bonchev–Trinajstić information content (AvgIpc) is 2.99. The molecule has 0 spiro atoms. The second-order valence-corrected chi connectivity index (χ2v) is 12.0. The molecule has 2 aromatic rings. The Labute approximate surface area is 268 Å². The molecule has 0 bridgehead atoms. The smallest absolute Gasteiger partial charge is 0.405 e. The number of carbonyl (C=O) groups excluding carboxylic acids is 1. The number of halogens is 3. The van der Waals surface area contributed by atoms with Gasteiger partial charge in [-0.05, 0) is 87.6 Å². The maximum absolute atomic E-state index is 12.8. The molecule has 45 heavy (non-hydrogen) atoms. The van der Waals surface area contributed by atoms with Crippen LogP contribution in [0, 0.1) is 18.8 Å². The van der Waals surface area contributed by atoms with Crippen LogP contribution in [0.3, 0.4) is 0 Å². The molecule has 0 heterocycles. The Balaban J connectivity index is 2.69. The molecule has 0 radical (unpaired) electrons. The number of anilines is 2. The summed E-state index contributed by atoms with van der Waals surface area (Å²) in [6.45, 7) is 15.7. The van der Waals surface area contributed by atoms with Crippen molar-refractivity contribution >= 4 is 22.9 Å². The molecule has 0 saturated heterocycles. The molecule has 0 aromatic heterocycles. The molecule has 2 unspecified atom stereocenters. The summed E-state index contributed by atoms with van der Waals surface area (Å²) in [7, 11) is 2.75. The highest BCUT2D eigenvalue weighted by molar-refractivity contribution is 6.00. The maximum Gasteiger partial charge on any atom is 0.405 e. The van der Waals surface area contributed by atoms with Gasteiger partial charge in [0.2, 0.25) is 0 Å². The Morgan fingerprint density at radius 2 is 1.64 bits per heavy atom. The van der Waals surface area contributed by atoms with Crippen molar-refractivity contribution in [1.82, 2.24) is 5.32 Å². The van der Waals surface area contributed by atoms with Crippen LogP contribution in [-0.4, -0.2) is 32.8 Å². The average molecular weight is 629 g/mol. The van der Waals surface area contributed by atoms with Crippen molar-refractivity contribution in [3.8, 4) is 11.5 Å². The number of hydrogen-bond donors (Lipinski definition) is 1. The van der Waals surface area contributed by atoms with Gasteiger partial charge in [-0.25, -0.2) is 0 Å². The van der Waals surface area contributed by atoms with Gasteiger partial charge < -0.3 is 19.7 Å². The number of aryl methyl sites for hydroxylation is 1. The highest BCUT2D eigenvalue weighted by atomic mass is 19.4. The van der Waals surface area contributed by atoms with Gasteiger partial charge in [-0.15, -0.1) is 0 Å². The first-order valence-electron chi connectivity index (χ1n) is 15.7. The molecule has 0 aliphatic heterocycles. The lowest BCUT2D eigenvalue weighted by Gasteiger charge is -2.27. The molecular formula is C37H51F3N2O3. The predicted octanol–water partition coefficient (Wildman–Crippen LogP) is 10.6. The topological polar surface area (TPSA) is 50.8 Å². The van der Waals surface area contributed by atoms with Crippen LogP contribution in [0.4, 0.5) is 24.5 Å². The van der Waals surface area contributed by atoms with E-state index in [1.807, 2.05) is 23.3 Å². The molecule has 5 nitrogen and oxygen atoms in total. The van der Waals surface area contributed by atoms with E-state index in [1.165, 1.54) is 30.9 Å². The third kappa shape index (κ3) is 11.0. The summed E-state index contributed by atoms with van der Waals surface area (Å²) in [5, 5.41) is 1.92. The van der Waals surface area contributed by atoms with Crippen molar-refractivity contribution in [3.05, 3.63) is 76.5 Å². The first-order valence-corrected chi connectivity index (χ1v) is 15.7. The van der Waals surface area contributed by atoms with Crippen LogP contribution < -0.4 is 19.7 Å². The quantitative estimate of drug-likeness (QED) is 0.199. The molecule has 2 atom stereocenters. The molecule has 0 aliphatic rings. The zero-order chi connectivity index (χ0) is 33.9. The molecule has 2 rings (SSSR count). The standard InChI is InChI=1S/C37H51F3N2O3/c1-11-13-27(7)31(18-26(6)15-14-24(3)4)29-16-17-32(28(8)19-29)42(22-25(5)12-2)30-20-33(44-9)35(34(21-30)45-10)36(43)41-23-37(38,39)40/h14,16-22,26-27H,11-13,15,23H2,1-10H3,(H,41,43)/b25-22-,31-18+. The molecule has 0 aliphatic carbocycles. The zero-order valence-corrected chi connectivity index (χ0v) is 28.6. The van der Waals surface area contributed by atoms with Gasteiger partial charge in [0.05, 0.1) is 19.9 Å².